The van der Waals surface area contributed by atoms with Crippen molar-refractivity contribution >= 4 is 28.9 Å². The van der Waals surface area contributed by atoms with Crippen molar-refractivity contribution in [3.63, 3.8) is 0 Å². The van der Waals surface area contributed by atoms with Crippen molar-refractivity contribution in [2.45, 2.75) is 19.6 Å². The summed E-state index contributed by atoms with van der Waals surface area (Å²) in [5.41, 5.74) is 0.967. The van der Waals surface area contributed by atoms with Crippen LogP contribution in [0.4, 0.5) is 4.79 Å². The molecule has 1 heterocycles. The first-order chi connectivity index (χ1) is 10.6. The molecule has 2 amide bonds. The summed E-state index contributed by atoms with van der Waals surface area (Å²) in [7, 11) is 0. The van der Waals surface area contributed by atoms with Gasteiger partial charge >= 0.3 is 5.97 Å². The third-order valence-corrected chi connectivity index (χ3v) is 4.04. The fourth-order valence-corrected chi connectivity index (χ4v) is 2.77. The van der Waals surface area contributed by atoms with Crippen molar-refractivity contribution in [2.75, 3.05) is 18.8 Å². The van der Waals surface area contributed by atoms with Crippen LogP contribution in [0.2, 0.25) is 0 Å². The SMILES string of the molecule is C[C@@H](OC(=O)CN1CCSC1=O)C(=O)NCc1ccccc1. The number of hydrogen-bond donors (Lipinski definition) is 1. The Labute approximate surface area is 133 Å². The lowest BCUT2D eigenvalue weighted by atomic mass is 10.2. The van der Waals surface area contributed by atoms with E-state index >= 15 is 0 Å². The lowest BCUT2D eigenvalue weighted by Gasteiger charge is -2.17. The predicted molar refractivity (Wildman–Crippen MR) is 83.3 cm³/mol. The average Bonchev–Trinajstić information content (AvgIpc) is 2.90. The van der Waals surface area contributed by atoms with Crippen molar-refractivity contribution in [3.05, 3.63) is 35.9 Å². The van der Waals surface area contributed by atoms with Gasteiger partial charge in [-0.15, -0.1) is 0 Å². The molecule has 2 rings (SSSR count). The van der Waals surface area contributed by atoms with Gasteiger partial charge in [0.2, 0.25) is 0 Å². The maximum atomic E-state index is 11.9. The van der Waals surface area contributed by atoms with E-state index in [2.05, 4.69) is 5.32 Å². The molecule has 6 nitrogen and oxygen atoms in total. The molecule has 1 fully saturated rings. The maximum absolute atomic E-state index is 11.9. The molecule has 1 saturated heterocycles. The van der Waals surface area contributed by atoms with E-state index < -0.39 is 12.1 Å². The number of amides is 2. The van der Waals surface area contributed by atoms with Crippen LogP contribution in [0.1, 0.15) is 12.5 Å². The van der Waals surface area contributed by atoms with Crippen LogP contribution in [-0.4, -0.2) is 47.0 Å². The zero-order valence-electron chi connectivity index (χ0n) is 12.3. The molecule has 7 heteroatoms. The van der Waals surface area contributed by atoms with Crippen molar-refractivity contribution in [3.8, 4) is 0 Å². The molecule has 0 radical (unpaired) electrons. The van der Waals surface area contributed by atoms with Crippen LogP contribution < -0.4 is 5.32 Å². The smallest absolute Gasteiger partial charge is 0.326 e. The van der Waals surface area contributed by atoms with E-state index in [1.54, 1.807) is 0 Å². The van der Waals surface area contributed by atoms with Gasteiger partial charge in [-0.2, -0.15) is 0 Å². The Morgan fingerprint density at radius 1 is 1.36 bits per heavy atom. The molecule has 1 aliphatic heterocycles. The molecule has 1 aromatic rings. The van der Waals surface area contributed by atoms with Crippen LogP contribution in [0.15, 0.2) is 30.3 Å². The molecule has 1 aliphatic rings. The van der Waals surface area contributed by atoms with E-state index in [0.717, 1.165) is 5.56 Å². The molecule has 1 N–H and O–H groups in total. The summed E-state index contributed by atoms with van der Waals surface area (Å²) in [5, 5.41) is 2.58. The van der Waals surface area contributed by atoms with E-state index in [9.17, 15) is 14.4 Å². The first-order valence-corrected chi connectivity index (χ1v) is 7.97. The van der Waals surface area contributed by atoms with Gasteiger partial charge in [-0.1, -0.05) is 42.1 Å². The number of nitrogens with zero attached hydrogens (tertiary/aromatic N) is 1. The Balaban J connectivity index is 1.73. The fourth-order valence-electron chi connectivity index (χ4n) is 1.94. The zero-order valence-corrected chi connectivity index (χ0v) is 13.1. The second kappa shape index (κ2) is 7.84. The summed E-state index contributed by atoms with van der Waals surface area (Å²) in [6.07, 6.45) is -0.887. The van der Waals surface area contributed by atoms with Gasteiger partial charge in [0, 0.05) is 18.8 Å². The van der Waals surface area contributed by atoms with Gasteiger partial charge in [-0.3, -0.25) is 14.4 Å². The molecule has 0 aromatic heterocycles. The van der Waals surface area contributed by atoms with Crippen LogP contribution in [0.25, 0.3) is 0 Å². The summed E-state index contributed by atoms with van der Waals surface area (Å²) >= 11 is 1.18. The summed E-state index contributed by atoms with van der Waals surface area (Å²) < 4.78 is 5.06. The zero-order chi connectivity index (χ0) is 15.9. The molecule has 22 heavy (non-hydrogen) atoms. The Morgan fingerprint density at radius 3 is 2.73 bits per heavy atom. The number of thioether (sulfide) groups is 1. The summed E-state index contributed by atoms with van der Waals surface area (Å²) in [6.45, 7) is 2.32. The van der Waals surface area contributed by atoms with Crippen molar-refractivity contribution in [1.82, 2.24) is 10.2 Å². The quantitative estimate of drug-likeness (QED) is 0.801. The largest absolute Gasteiger partial charge is 0.451 e. The number of carbonyl (C=O) groups excluding carboxylic acids is 3. The lowest BCUT2D eigenvalue weighted by Crippen LogP contribution is -2.38. The molecule has 0 unspecified atom stereocenters. The van der Waals surface area contributed by atoms with E-state index in [-0.39, 0.29) is 17.7 Å². The van der Waals surface area contributed by atoms with Crippen molar-refractivity contribution in [1.29, 1.82) is 0 Å². The topological polar surface area (TPSA) is 75.7 Å². The second-order valence-electron chi connectivity index (χ2n) is 4.87. The van der Waals surface area contributed by atoms with Gasteiger partial charge in [0.15, 0.2) is 6.10 Å². The monoisotopic (exact) mass is 322 g/mol. The van der Waals surface area contributed by atoms with Gasteiger partial charge < -0.3 is 15.0 Å². The van der Waals surface area contributed by atoms with Gasteiger partial charge in [0.05, 0.1) is 0 Å². The average molecular weight is 322 g/mol. The van der Waals surface area contributed by atoms with Gasteiger partial charge in [-0.25, -0.2) is 0 Å². The second-order valence-corrected chi connectivity index (χ2v) is 5.92. The molecular weight excluding hydrogens is 304 g/mol. The standard InChI is InChI=1S/C15H18N2O4S/c1-11(14(19)16-9-12-5-3-2-4-6-12)21-13(18)10-17-7-8-22-15(17)20/h2-6,11H,7-10H2,1H3,(H,16,19)/t11-/m1/s1. The van der Waals surface area contributed by atoms with Gasteiger partial charge in [-0.05, 0) is 12.5 Å². The first kappa shape index (κ1) is 16.4. The molecule has 1 atom stereocenters. The Bertz CT molecular complexity index is 550. The van der Waals surface area contributed by atoms with Crippen LogP contribution >= 0.6 is 11.8 Å². The maximum Gasteiger partial charge on any atom is 0.326 e. The molecule has 1 aromatic carbocycles. The van der Waals surface area contributed by atoms with Crippen LogP contribution in [0, 0.1) is 0 Å². The highest BCUT2D eigenvalue weighted by molar-refractivity contribution is 8.13. The highest BCUT2D eigenvalue weighted by atomic mass is 32.2. The molecule has 0 spiro atoms. The highest BCUT2D eigenvalue weighted by Crippen LogP contribution is 2.16. The summed E-state index contributed by atoms with van der Waals surface area (Å²) in [5.74, 6) is -0.253. The van der Waals surface area contributed by atoms with E-state index in [1.165, 1.54) is 23.6 Å². The minimum Gasteiger partial charge on any atom is -0.451 e. The van der Waals surface area contributed by atoms with Crippen molar-refractivity contribution in [2.24, 2.45) is 0 Å². The minimum absolute atomic E-state index is 0.109. The fraction of sp³-hybridized carbons (Fsp3) is 0.400. The number of carbonyl (C=O) groups is 3. The highest BCUT2D eigenvalue weighted by Gasteiger charge is 2.25. The Kier molecular flexibility index (Phi) is 5.83. The van der Waals surface area contributed by atoms with Crippen LogP contribution in [0.5, 0.6) is 0 Å². The Morgan fingerprint density at radius 2 is 2.09 bits per heavy atom. The third kappa shape index (κ3) is 4.77. The van der Waals surface area contributed by atoms with Crippen LogP contribution in [-0.2, 0) is 20.9 Å². The Hall–Kier alpha value is -2.02. The van der Waals surface area contributed by atoms with E-state index in [0.29, 0.717) is 18.8 Å². The van der Waals surface area contributed by atoms with E-state index in [4.69, 9.17) is 4.74 Å². The minimum atomic E-state index is -0.887. The first-order valence-electron chi connectivity index (χ1n) is 6.99. The third-order valence-electron chi connectivity index (χ3n) is 3.15. The number of hydrogen-bond acceptors (Lipinski definition) is 5. The van der Waals surface area contributed by atoms with Gasteiger partial charge in [0.1, 0.15) is 6.54 Å². The van der Waals surface area contributed by atoms with Gasteiger partial charge in [0.25, 0.3) is 11.1 Å². The van der Waals surface area contributed by atoms with Crippen LogP contribution in [0.3, 0.4) is 0 Å². The molecule has 0 bridgehead atoms. The normalized spacial score (nSPS) is 15.5. The number of ether oxygens (including phenoxy) is 1. The molecule has 0 saturated carbocycles. The van der Waals surface area contributed by atoms with Crippen molar-refractivity contribution < 1.29 is 19.1 Å². The summed E-state index contributed by atoms with van der Waals surface area (Å²) in [6, 6.07) is 9.46. The molecule has 0 aliphatic carbocycles. The number of benzene rings is 1. The predicted octanol–water partition coefficient (Wildman–Crippen LogP) is 1.40. The van der Waals surface area contributed by atoms with E-state index in [1.807, 2.05) is 30.3 Å². The number of rotatable bonds is 6. The summed E-state index contributed by atoms with van der Waals surface area (Å²) in [4.78, 5) is 36.4. The molecular formula is C15H18N2O4S. The number of esters is 1. The molecule has 118 valence electrons. The number of nitrogens with one attached hydrogen (secondary N) is 1. The lowest BCUT2D eigenvalue weighted by molar-refractivity contribution is -0.155.